The number of piperazine rings is 1. The molecule has 2 heterocycles. The molecule has 8 nitrogen and oxygen atoms in total. The Labute approximate surface area is 184 Å². The van der Waals surface area contributed by atoms with Crippen LogP contribution >= 0.6 is 0 Å². The summed E-state index contributed by atoms with van der Waals surface area (Å²) in [7, 11) is 0. The Bertz CT molecular complexity index is 792. The molecule has 0 saturated carbocycles. The highest BCUT2D eigenvalue weighted by atomic mass is 16.5. The normalized spacial score (nSPS) is 22.8. The van der Waals surface area contributed by atoms with Crippen molar-refractivity contribution >= 4 is 23.3 Å². The number of nitrogens with one attached hydrogen (secondary N) is 3. The second-order valence-electron chi connectivity index (χ2n) is 8.89. The fourth-order valence-electron chi connectivity index (χ4n) is 4.04. The molecule has 1 unspecified atom stereocenters. The van der Waals surface area contributed by atoms with Crippen LogP contribution in [-0.4, -0.2) is 69.1 Å². The number of nitrogens with zero attached hydrogens (tertiary/aromatic N) is 1. The first kappa shape index (κ1) is 23.2. The van der Waals surface area contributed by atoms with Crippen molar-refractivity contribution in [2.75, 3.05) is 44.3 Å². The SMILES string of the molecule is CC(C)CC(NC(=O)c1cccc(N2CCNCC2)c1)C(=O)N[C@@H]1C(=O)COC[C@H]1C. The zero-order valence-electron chi connectivity index (χ0n) is 18.6. The zero-order valence-corrected chi connectivity index (χ0v) is 18.6. The maximum atomic E-state index is 13.0. The van der Waals surface area contributed by atoms with Crippen LogP contribution in [0, 0.1) is 11.8 Å². The zero-order chi connectivity index (χ0) is 22.4. The van der Waals surface area contributed by atoms with Crippen molar-refractivity contribution in [3.8, 4) is 0 Å². The van der Waals surface area contributed by atoms with Crippen molar-refractivity contribution in [3.63, 3.8) is 0 Å². The summed E-state index contributed by atoms with van der Waals surface area (Å²) >= 11 is 0. The molecule has 3 rings (SSSR count). The molecule has 2 fully saturated rings. The molecule has 8 heteroatoms. The van der Waals surface area contributed by atoms with Gasteiger partial charge in [0.25, 0.3) is 5.91 Å². The van der Waals surface area contributed by atoms with Crippen LogP contribution in [0.2, 0.25) is 0 Å². The number of rotatable bonds is 7. The minimum Gasteiger partial charge on any atom is -0.373 e. The molecule has 3 N–H and O–H groups in total. The summed E-state index contributed by atoms with van der Waals surface area (Å²) in [6.45, 7) is 9.92. The average molecular weight is 431 g/mol. The van der Waals surface area contributed by atoms with E-state index in [2.05, 4.69) is 20.9 Å². The third kappa shape index (κ3) is 6.27. The van der Waals surface area contributed by atoms with Gasteiger partial charge in [-0.05, 0) is 30.5 Å². The van der Waals surface area contributed by atoms with E-state index >= 15 is 0 Å². The first-order chi connectivity index (χ1) is 14.8. The Kier molecular flexibility index (Phi) is 8.03. The van der Waals surface area contributed by atoms with Crippen molar-refractivity contribution in [2.24, 2.45) is 11.8 Å². The summed E-state index contributed by atoms with van der Waals surface area (Å²) in [5.41, 5.74) is 1.52. The molecule has 0 aromatic heterocycles. The molecule has 0 bridgehead atoms. The fraction of sp³-hybridized carbons (Fsp3) is 0.609. The minimum absolute atomic E-state index is 0.00923. The monoisotopic (exact) mass is 430 g/mol. The van der Waals surface area contributed by atoms with Gasteiger partial charge in [-0.2, -0.15) is 0 Å². The van der Waals surface area contributed by atoms with E-state index in [4.69, 9.17) is 4.74 Å². The number of Topliss-reactive ketones (excluding diaryl/α,β-unsaturated/α-hetero) is 1. The Balaban J connectivity index is 1.69. The number of ketones is 1. The number of amides is 2. The van der Waals surface area contributed by atoms with Crippen LogP contribution in [0.1, 0.15) is 37.6 Å². The first-order valence-corrected chi connectivity index (χ1v) is 11.1. The van der Waals surface area contributed by atoms with Crippen molar-refractivity contribution in [1.29, 1.82) is 0 Å². The van der Waals surface area contributed by atoms with Crippen molar-refractivity contribution < 1.29 is 19.1 Å². The summed E-state index contributed by atoms with van der Waals surface area (Å²) in [6, 6.07) is 6.21. The molecule has 31 heavy (non-hydrogen) atoms. The predicted molar refractivity (Wildman–Crippen MR) is 119 cm³/mol. The summed E-state index contributed by atoms with van der Waals surface area (Å²) < 4.78 is 5.24. The van der Waals surface area contributed by atoms with Crippen molar-refractivity contribution in [2.45, 2.75) is 39.3 Å². The molecule has 0 radical (unpaired) electrons. The number of benzene rings is 1. The molecule has 1 aromatic rings. The molecule has 1 aromatic carbocycles. The van der Waals surface area contributed by atoms with Gasteiger partial charge in [0, 0.05) is 43.3 Å². The first-order valence-electron chi connectivity index (χ1n) is 11.1. The number of hydrogen-bond acceptors (Lipinski definition) is 6. The van der Waals surface area contributed by atoms with Gasteiger partial charge in [0.15, 0.2) is 5.78 Å². The van der Waals surface area contributed by atoms with E-state index in [-0.39, 0.29) is 36.0 Å². The Morgan fingerprint density at radius 2 is 2.00 bits per heavy atom. The summed E-state index contributed by atoms with van der Waals surface area (Å²) in [4.78, 5) is 40.4. The van der Waals surface area contributed by atoms with E-state index in [1.54, 1.807) is 6.07 Å². The summed E-state index contributed by atoms with van der Waals surface area (Å²) in [5.74, 6) is -0.649. The number of hydrogen-bond donors (Lipinski definition) is 3. The Morgan fingerprint density at radius 1 is 1.26 bits per heavy atom. The minimum atomic E-state index is -0.710. The molecular formula is C23H34N4O4. The highest BCUT2D eigenvalue weighted by Gasteiger charge is 2.33. The van der Waals surface area contributed by atoms with Crippen LogP contribution < -0.4 is 20.9 Å². The van der Waals surface area contributed by atoms with Gasteiger partial charge in [0.05, 0.1) is 12.6 Å². The van der Waals surface area contributed by atoms with Crippen LogP contribution in [0.15, 0.2) is 24.3 Å². The Hall–Kier alpha value is -2.45. The average Bonchev–Trinajstić information content (AvgIpc) is 2.76. The van der Waals surface area contributed by atoms with Crippen molar-refractivity contribution in [1.82, 2.24) is 16.0 Å². The topological polar surface area (TPSA) is 99.8 Å². The van der Waals surface area contributed by atoms with Crippen LogP contribution in [0.5, 0.6) is 0 Å². The quantitative estimate of drug-likeness (QED) is 0.596. The highest BCUT2D eigenvalue weighted by molar-refractivity contribution is 5.99. The molecule has 2 amide bonds. The molecule has 2 saturated heterocycles. The smallest absolute Gasteiger partial charge is 0.252 e. The van der Waals surface area contributed by atoms with E-state index in [9.17, 15) is 14.4 Å². The van der Waals surface area contributed by atoms with E-state index < -0.39 is 12.1 Å². The molecular weight excluding hydrogens is 396 g/mol. The molecule has 0 aliphatic carbocycles. The standard InChI is InChI=1S/C23H34N4O4/c1-15(2)11-19(23(30)26-21-16(3)13-31-14-20(21)28)25-22(29)17-5-4-6-18(12-17)27-9-7-24-8-10-27/h4-6,12,15-16,19,21,24H,7-11,13-14H2,1-3H3,(H,25,29)(H,26,30)/t16-,19?,21+/m1/s1. The lowest BCUT2D eigenvalue weighted by molar-refractivity contribution is -0.137. The predicted octanol–water partition coefficient (Wildman–Crippen LogP) is 0.961. The molecule has 2 aliphatic rings. The van der Waals surface area contributed by atoms with Gasteiger partial charge in [0.1, 0.15) is 12.6 Å². The van der Waals surface area contributed by atoms with Gasteiger partial charge in [0.2, 0.25) is 5.91 Å². The second kappa shape index (κ2) is 10.7. The maximum Gasteiger partial charge on any atom is 0.252 e. The third-order valence-corrected chi connectivity index (χ3v) is 5.76. The molecule has 2 aliphatic heterocycles. The van der Waals surface area contributed by atoms with Gasteiger partial charge in [-0.3, -0.25) is 14.4 Å². The molecule has 3 atom stereocenters. The lowest BCUT2D eigenvalue weighted by atomic mass is 9.95. The van der Waals surface area contributed by atoms with E-state index in [0.717, 1.165) is 31.9 Å². The van der Waals surface area contributed by atoms with Gasteiger partial charge < -0.3 is 25.6 Å². The second-order valence-corrected chi connectivity index (χ2v) is 8.89. The van der Waals surface area contributed by atoms with Crippen LogP contribution in [0.4, 0.5) is 5.69 Å². The number of anilines is 1. The molecule has 0 spiro atoms. The lowest BCUT2D eigenvalue weighted by Crippen LogP contribution is -2.56. The van der Waals surface area contributed by atoms with Gasteiger partial charge in [-0.15, -0.1) is 0 Å². The van der Waals surface area contributed by atoms with Gasteiger partial charge >= 0.3 is 0 Å². The molecule has 170 valence electrons. The largest absolute Gasteiger partial charge is 0.373 e. The Morgan fingerprint density at radius 3 is 2.68 bits per heavy atom. The number of carbonyl (C=O) groups excluding carboxylic acids is 3. The van der Waals surface area contributed by atoms with E-state index in [0.29, 0.717) is 18.6 Å². The van der Waals surface area contributed by atoms with Crippen molar-refractivity contribution in [3.05, 3.63) is 29.8 Å². The maximum absolute atomic E-state index is 13.0. The fourth-order valence-corrected chi connectivity index (χ4v) is 4.04. The van der Waals surface area contributed by atoms with E-state index in [1.165, 1.54) is 0 Å². The van der Waals surface area contributed by atoms with Gasteiger partial charge in [-0.25, -0.2) is 0 Å². The summed E-state index contributed by atoms with van der Waals surface area (Å²) in [6.07, 6.45) is 0.487. The lowest BCUT2D eigenvalue weighted by Gasteiger charge is -2.30. The van der Waals surface area contributed by atoms with E-state index in [1.807, 2.05) is 39.0 Å². The van der Waals surface area contributed by atoms with Crippen LogP contribution in [0.3, 0.4) is 0 Å². The van der Waals surface area contributed by atoms with Crippen LogP contribution in [-0.2, 0) is 14.3 Å². The number of carbonyl (C=O) groups is 3. The van der Waals surface area contributed by atoms with Gasteiger partial charge in [-0.1, -0.05) is 26.8 Å². The number of ether oxygens (including phenoxy) is 1. The summed E-state index contributed by atoms with van der Waals surface area (Å²) in [5, 5.41) is 9.06. The highest BCUT2D eigenvalue weighted by Crippen LogP contribution is 2.18. The van der Waals surface area contributed by atoms with Crippen LogP contribution in [0.25, 0.3) is 0 Å². The third-order valence-electron chi connectivity index (χ3n) is 5.76.